The molecule has 0 bridgehead atoms. The first kappa shape index (κ1) is 17.9. The maximum absolute atomic E-state index is 14.5. The van der Waals surface area contributed by atoms with Crippen LogP contribution in [-0.4, -0.2) is 43.1 Å². The molecule has 0 aliphatic carbocycles. The predicted octanol–water partition coefficient (Wildman–Crippen LogP) is 3.20. The molecule has 0 unspecified atom stereocenters. The molecule has 2 aromatic rings. The molecule has 7 heteroatoms. The van der Waals surface area contributed by atoms with Gasteiger partial charge in [0.05, 0.1) is 35.9 Å². The molecule has 1 saturated heterocycles. The van der Waals surface area contributed by atoms with Gasteiger partial charge in [0.1, 0.15) is 5.82 Å². The molecule has 1 heterocycles. The Morgan fingerprint density at radius 1 is 1.19 bits per heavy atom. The standard InChI is InChI=1S/C19H20FN3O3/c1-13(21-22-16-4-2-3-15(11-16)19(24)25)14-5-6-18(17(20)12-14)23-7-9-26-10-8-23/h2-6,11-12,22H,7-10H2,1H3,(H,24,25). The van der Waals surface area contributed by atoms with E-state index in [9.17, 15) is 9.18 Å². The molecule has 3 rings (SSSR count). The number of morpholine rings is 1. The second kappa shape index (κ2) is 7.97. The zero-order valence-corrected chi connectivity index (χ0v) is 14.4. The van der Waals surface area contributed by atoms with E-state index in [0.29, 0.717) is 49.0 Å². The highest BCUT2D eigenvalue weighted by molar-refractivity contribution is 5.99. The number of benzene rings is 2. The van der Waals surface area contributed by atoms with Gasteiger partial charge in [0, 0.05) is 18.7 Å². The van der Waals surface area contributed by atoms with Gasteiger partial charge in [-0.3, -0.25) is 5.43 Å². The number of halogens is 1. The summed E-state index contributed by atoms with van der Waals surface area (Å²) in [6.07, 6.45) is 0. The molecule has 136 valence electrons. The van der Waals surface area contributed by atoms with Crippen molar-refractivity contribution in [3.63, 3.8) is 0 Å². The Hall–Kier alpha value is -2.93. The number of hydrogen-bond acceptors (Lipinski definition) is 5. The van der Waals surface area contributed by atoms with Crippen molar-refractivity contribution in [3.05, 3.63) is 59.4 Å². The lowest BCUT2D eigenvalue weighted by atomic mass is 10.1. The normalized spacial score (nSPS) is 15.0. The average molecular weight is 357 g/mol. The quantitative estimate of drug-likeness (QED) is 0.635. The van der Waals surface area contributed by atoms with Crippen molar-refractivity contribution in [1.82, 2.24) is 0 Å². The number of hydrazone groups is 1. The van der Waals surface area contributed by atoms with Gasteiger partial charge in [0.15, 0.2) is 0 Å². The molecule has 0 radical (unpaired) electrons. The zero-order valence-electron chi connectivity index (χ0n) is 14.4. The molecule has 0 saturated carbocycles. The summed E-state index contributed by atoms with van der Waals surface area (Å²) in [5, 5.41) is 13.2. The molecular formula is C19H20FN3O3. The topological polar surface area (TPSA) is 74.2 Å². The van der Waals surface area contributed by atoms with Gasteiger partial charge in [0.2, 0.25) is 0 Å². The summed E-state index contributed by atoms with van der Waals surface area (Å²) < 4.78 is 19.8. The first-order valence-corrected chi connectivity index (χ1v) is 8.31. The van der Waals surface area contributed by atoms with Crippen LogP contribution in [0.25, 0.3) is 0 Å². The molecule has 0 spiro atoms. The van der Waals surface area contributed by atoms with E-state index in [2.05, 4.69) is 10.5 Å². The fourth-order valence-electron chi connectivity index (χ4n) is 2.73. The van der Waals surface area contributed by atoms with Gasteiger partial charge >= 0.3 is 5.97 Å². The Balaban J connectivity index is 1.73. The lowest BCUT2D eigenvalue weighted by Crippen LogP contribution is -2.36. The van der Waals surface area contributed by atoms with E-state index in [1.165, 1.54) is 18.2 Å². The second-order valence-electron chi connectivity index (χ2n) is 5.96. The number of nitrogens with one attached hydrogen (secondary N) is 1. The number of carbonyl (C=O) groups is 1. The number of carboxylic acids is 1. The van der Waals surface area contributed by atoms with E-state index < -0.39 is 5.97 Å². The fourth-order valence-corrected chi connectivity index (χ4v) is 2.73. The summed E-state index contributed by atoms with van der Waals surface area (Å²) in [7, 11) is 0. The summed E-state index contributed by atoms with van der Waals surface area (Å²) >= 11 is 0. The van der Waals surface area contributed by atoms with Gasteiger partial charge in [-0.2, -0.15) is 5.10 Å². The number of carboxylic acid groups (broad SMARTS) is 1. The Labute approximate surface area is 150 Å². The summed E-state index contributed by atoms with van der Waals surface area (Å²) in [6, 6.07) is 11.4. The number of ether oxygens (including phenoxy) is 1. The summed E-state index contributed by atoms with van der Waals surface area (Å²) in [4.78, 5) is 13.0. The number of hydrogen-bond donors (Lipinski definition) is 2. The number of nitrogens with zero attached hydrogens (tertiary/aromatic N) is 2. The second-order valence-corrected chi connectivity index (χ2v) is 5.96. The van der Waals surface area contributed by atoms with Gasteiger partial charge < -0.3 is 14.7 Å². The van der Waals surface area contributed by atoms with Crippen LogP contribution in [0.1, 0.15) is 22.8 Å². The van der Waals surface area contributed by atoms with E-state index in [1.54, 1.807) is 25.1 Å². The molecule has 2 aromatic carbocycles. The third kappa shape index (κ3) is 4.18. The van der Waals surface area contributed by atoms with Gasteiger partial charge in [-0.05, 0) is 37.3 Å². The Kier molecular flexibility index (Phi) is 5.48. The minimum atomic E-state index is -1.00. The number of aromatic carboxylic acids is 1. The van der Waals surface area contributed by atoms with Gasteiger partial charge in [-0.1, -0.05) is 12.1 Å². The highest BCUT2D eigenvalue weighted by Gasteiger charge is 2.15. The highest BCUT2D eigenvalue weighted by atomic mass is 19.1. The van der Waals surface area contributed by atoms with Crippen molar-refractivity contribution >= 4 is 23.1 Å². The fraction of sp³-hybridized carbons (Fsp3) is 0.263. The number of rotatable bonds is 5. The van der Waals surface area contributed by atoms with Gasteiger partial charge in [0.25, 0.3) is 0 Å². The molecule has 1 aliphatic rings. The first-order chi connectivity index (χ1) is 12.5. The minimum Gasteiger partial charge on any atom is -0.478 e. The zero-order chi connectivity index (χ0) is 18.5. The van der Waals surface area contributed by atoms with Crippen LogP contribution in [-0.2, 0) is 4.74 Å². The van der Waals surface area contributed by atoms with Crippen LogP contribution in [0.5, 0.6) is 0 Å². The van der Waals surface area contributed by atoms with Crippen LogP contribution < -0.4 is 10.3 Å². The molecule has 0 aromatic heterocycles. The highest BCUT2D eigenvalue weighted by Crippen LogP contribution is 2.22. The van der Waals surface area contributed by atoms with E-state index >= 15 is 0 Å². The third-order valence-electron chi connectivity index (χ3n) is 4.18. The van der Waals surface area contributed by atoms with E-state index in [0.717, 1.165) is 0 Å². The third-order valence-corrected chi connectivity index (χ3v) is 4.18. The average Bonchev–Trinajstić information content (AvgIpc) is 2.67. The largest absolute Gasteiger partial charge is 0.478 e. The predicted molar refractivity (Wildman–Crippen MR) is 98.7 cm³/mol. The van der Waals surface area contributed by atoms with E-state index in [1.807, 2.05) is 11.0 Å². The van der Waals surface area contributed by atoms with Crippen molar-refractivity contribution in [1.29, 1.82) is 0 Å². The van der Waals surface area contributed by atoms with Crippen LogP contribution >= 0.6 is 0 Å². The van der Waals surface area contributed by atoms with Crippen molar-refractivity contribution in [2.75, 3.05) is 36.6 Å². The maximum atomic E-state index is 14.5. The molecule has 0 atom stereocenters. The smallest absolute Gasteiger partial charge is 0.335 e. The summed E-state index contributed by atoms with van der Waals surface area (Å²) in [5.74, 6) is -1.30. The van der Waals surface area contributed by atoms with Crippen LogP contribution in [0, 0.1) is 5.82 Å². The van der Waals surface area contributed by atoms with Crippen LogP contribution in [0.2, 0.25) is 0 Å². The van der Waals surface area contributed by atoms with E-state index in [-0.39, 0.29) is 11.4 Å². The van der Waals surface area contributed by atoms with Crippen molar-refractivity contribution < 1.29 is 19.0 Å². The lowest BCUT2D eigenvalue weighted by molar-refractivity contribution is 0.0697. The Morgan fingerprint density at radius 2 is 1.96 bits per heavy atom. The first-order valence-electron chi connectivity index (χ1n) is 8.31. The lowest BCUT2D eigenvalue weighted by Gasteiger charge is -2.29. The number of anilines is 2. The Morgan fingerprint density at radius 3 is 2.65 bits per heavy atom. The molecule has 0 amide bonds. The summed E-state index contributed by atoms with van der Waals surface area (Å²) in [6.45, 7) is 4.30. The molecule has 1 aliphatic heterocycles. The van der Waals surface area contributed by atoms with Crippen molar-refractivity contribution in [3.8, 4) is 0 Å². The molecule has 1 fully saturated rings. The SMILES string of the molecule is CC(=NNc1cccc(C(=O)O)c1)c1ccc(N2CCOCC2)c(F)c1. The van der Waals surface area contributed by atoms with Gasteiger partial charge in [-0.25, -0.2) is 9.18 Å². The molecule has 2 N–H and O–H groups in total. The van der Waals surface area contributed by atoms with Crippen molar-refractivity contribution in [2.24, 2.45) is 5.10 Å². The van der Waals surface area contributed by atoms with Gasteiger partial charge in [-0.15, -0.1) is 0 Å². The maximum Gasteiger partial charge on any atom is 0.335 e. The van der Waals surface area contributed by atoms with Crippen LogP contribution in [0.4, 0.5) is 15.8 Å². The van der Waals surface area contributed by atoms with Crippen molar-refractivity contribution in [2.45, 2.75) is 6.92 Å². The minimum absolute atomic E-state index is 0.170. The molecule has 6 nitrogen and oxygen atoms in total. The van der Waals surface area contributed by atoms with Crippen LogP contribution in [0.15, 0.2) is 47.6 Å². The summed E-state index contributed by atoms with van der Waals surface area (Å²) in [5.41, 5.74) is 5.34. The van der Waals surface area contributed by atoms with E-state index in [4.69, 9.17) is 9.84 Å². The Bertz CT molecular complexity index is 833. The molecular weight excluding hydrogens is 337 g/mol. The monoisotopic (exact) mass is 357 g/mol. The van der Waals surface area contributed by atoms with Crippen LogP contribution in [0.3, 0.4) is 0 Å². The molecule has 26 heavy (non-hydrogen) atoms.